The molecule has 0 saturated carbocycles. The van der Waals surface area contributed by atoms with Crippen LogP contribution in [0.3, 0.4) is 0 Å². The van der Waals surface area contributed by atoms with Gasteiger partial charge in [0.15, 0.2) is 0 Å². The van der Waals surface area contributed by atoms with Crippen LogP contribution < -0.4 is 5.32 Å². The van der Waals surface area contributed by atoms with Crippen LogP contribution >= 0.6 is 0 Å². The van der Waals surface area contributed by atoms with Crippen LogP contribution in [0, 0.1) is 11.7 Å². The molecule has 0 aromatic heterocycles. The van der Waals surface area contributed by atoms with Gasteiger partial charge in [-0.1, -0.05) is 62.7 Å². The van der Waals surface area contributed by atoms with Gasteiger partial charge in [-0.25, -0.2) is 4.39 Å². The number of piperidine rings is 1. The number of rotatable bonds is 10. The van der Waals surface area contributed by atoms with Crippen LogP contribution in [0.15, 0.2) is 54.6 Å². The maximum absolute atomic E-state index is 13.6. The molecule has 2 aliphatic heterocycles. The number of unbranched alkanes of at least 4 members (excludes halogenated alkanes) is 2. The summed E-state index contributed by atoms with van der Waals surface area (Å²) in [7, 11) is 0. The Kier molecular flexibility index (Phi) is 8.78. The predicted octanol–water partition coefficient (Wildman–Crippen LogP) is 4.95. The van der Waals surface area contributed by atoms with E-state index >= 15 is 0 Å². The Hall–Kier alpha value is -2.73. The zero-order valence-corrected chi connectivity index (χ0v) is 21.7. The largest absolute Gasteiger partial charge is 0.342 e. The van der Waals surface area contributed by atoms with Crippen molar-refractivity contribution in [2.24, 2.45) is 5.92 Å². The fourth-order valence-electron chi connectivity index (χ4n) is 5.64. The quantitative estimate of drug-likeness (QED) is 0.477. The number of halogens is 1. The molecular formula is C30H40FN3O2. The van der Waals surface area contributed by atoms with Gasteiger partial charge in [0.05, 0.1) is 0 Å². The van der Waals surface area contributed by atoms with Crippen LogP contribution in [0.5, 0.6) is 0 Å². The highest BCUT2D eigenvalue weighted by molar-refractivity contribution is 6.00. The van der Waals surface area contributed by atoms with E-state index in [0.717, 1.165) is 38.0 Å². The highest BCUT2D eigenvalue weighted by Crippen LogP contribution is 2.35. The van der Waals surface area contributed by atoms with Crippen molar-refractivity contribution in [1.29, 1.82) is 0 Å². The molecule has 0 aliphatic carbocycles. The van der Waals surface area contributed by atoms with Gasteiger partial charge in [0.25, 0.3) is 0 Å². The van der Waals surface area contributed by atoms with E-state index in [9.17, 15) is 14.0 Å². The number of likely N-dealkylation sites (tertiary alicyclic amines) is 1. The lowest BCUT2D eigenvalue weighted by atomic mass is 9.80. The van der Waals surface area contributed by atoms with Crippen LogP contribution in [0.2, 0.25) is 0 Å². The van der Waals surface area contributed by atoms with Crippen molar-refractivity contribution in [3.8, 4) is 0 Å². The van der Waals surface area contributed by atoms with Crippen molar-refractivity contribution < 1.29 is 14.0 Å². The number of hydrogen-bond acceptors (Lipinski definition) is 3. The number of hydrogen-bond donors (Lipinski definition) is 1. The van der Waals surface area contributed by atoms with Crippen LogP contribution in [0.25, 0.3) is 0 Å². The third-order valence-electron chi connectivity index (χ3n) is 7.74. The topological polar surface area (TPSA) is 52.7 Å². The zero-order chi connectivity index (χ0) is 25.5. The third-order valence-corrected chi connectivity index (χ3v) is 7.74. The standard InChI is InChI=1S/C30H40FN3O2/c1-23(2)21-27-28(35)34(22-25-12-14-26(31)15-13-25)30(29(36)32-27)16-19-33(20-17-30)18-8-4-7-11-24-9-5-3-6-10-24/h3,5-6,9-10,12-15,23,27H,4,7-8,11,16-22H2,1-2H3,(H,32,36)/t27-/m0/s1. The van der Waals surface area contributed by atoms with E-state index in [1.54, 1.807) is 12.1 Å². The lowest BCUT2D eigenvalue weighted by molar-refractivity contribution is -0.162. The van der Waals surface area contributed by atoms with Gasteiger partial charge in [-0.2, -0.15) is 0 Å². The maximum Gasteiger partial charge on any atom is 0.246 e. The molecule has 6 heteroatoms. The van der Waals surface area contributed by atoms with Gasteiger partial charge in [0.2, 0.25) is 11.8 Å². The number of benzene rings is 2. The Balaban J connectivity index is 1.36. The molecule has 2 fully saturated rings. The molecule has 1 N–H and O–H groups in total. The van der Waals surface area contributed by atoms with Crippen molar-refractivity contribution >= 4 is 11.8 Å². The minimum absolute atomic E-state index is 0.0120. The SMILES string of the molecule is CC(C)C[C@@H]1NC(=O)C2(CCN(CCCCCc3ccccc3)CC2)N(Cc2ccc(F)cc2)C1=O. The molecule has 2 saturated heterocycles. The molecule has 1 atom stereocenters. The molecule has 2 aromatic rings. The minimum atomic E-state index is -0.831. The smallest absolute Gasteiger partial charge is 0.246 e. The molecule has 1 spiro atoms. The summed E-state index contributed by atoms with van der Waals surface area (Å²) in [6, 6.07) is 16.4. The molecule has 0 radical (unpaired) electrons. The minimum Gasteiger partial charge on any atom is -0.342 e. The average molecular weight is 494 g/mol. The zero-order valence-electron chi connectivity index (χ0n) is 21.7. The van der Waals surface area contributed by atoms with E-state index < -0.39 is 11.6 Å². The first kappa shape index (κ1) is 26.3. The third kappa shape index (κ3) is 6.33. The molecule has 5 nitrogen and oxygen atoms in total. The summed E-state index contributed by atoms with van der Waals surface area (Å²) in [6.07, 6.45) is 6.50. The summed E-state index contributed by atoms with van der Waals surface area (Å²) in [6.45, 7) is 7.08. The molecule has 194 valence electrons. The summed E-state index contributed by atoms with van der Waals surface area (Å²) >= 11 is 0. The summed E-state index contributed by atoms with van der Waals surface area (Å²) in [5.41, 5.74) is 1.41. The van der Waals surface area contributed by atoms with Crippen molar-refractivity contribution in [2.75, 3.05) is 19.6 Å². The monoisotopic (exact) mass is 493 g/mol. The Morgan fingerprint density at radius 3 is 2.31 bits per heavy atom. The molecule has 4 rings (SSSR count). The summed E-state index contributed by atoms with van der Waals surface area (Å²) < 4.78 is 13.5. The molecule has 36 heavy (non-hydrogen) atoms. The van der Waals surface area contributed by atoms with E-state index in [0.29, 0.717) is 31.7 Å². The fraction of sp³-hybridized carbons (Fsp3) is 0.533. The highest BCUT2D eigenvalue weighted by atomic mass is 19.1. The number of carbonyl (C=O) groups is 2. The van der Waals surface area contributed by atoms with E-state index in [1.807, 2.05) is 4.90 Å². The van der Waals surface area contributed by atoms with Crippen LogP contribution in [-0.4, -0.2) is 52.8 Å². The van der Waals surface area contributed by atoms with Gasteiger partial charge in [0, 0.05) is 19.6 Å². The average Bonchev–Trinajstić information content (AvgIpc) is 2.87. The Morgan fingerprint density at radius 1 is 0.944 bits per heavy atom. The number of amides is 2. The molecule has 2 aromatic carbocycles. The Bertz CT molecular complexity index is 1000. The second kappa shape index (κ2) is 12.0. The van der Waals surface area contributed by atoms with E-state index in [4.69, 9.17) is 0 Å². The lowest BCUT2D eigenvalue weighted by Gasteiger charge is -2.52. The van der Waals surface area contributed by atoms with Gasteiger partial charge in [-0.15, -0.1) is 0 Å². The van der Waals surface area contributed by atoms with Crippen molar-refractivity contribution in [2.45, 2.75) is 76.9 Å². The molecule has 2 aliphatic rings. The Morgan fingerprint density at radius 2 is 1.64 bits per heavy atom. The van der Waals surface area contributed by atoms with Gasteiger partial charge >= 0.3 is 0 Å². The summed E-state index contributed by atoms with van der Waals surface area (Å²) in [5, 5.41) is 3.06. The van der Waals surface area contributed by atoms with E-state index in [2.05, 4.69) is 54.4 Å². The van der Waals surface area contributed by atoms with Crippen LogP contribution in [0.1, 0.15) is 63.5 Å². The van der Waals surface area contributed by atoms with Gasteiger partial charge in [0.1, 0.15) is 17.4 Å². The highest BCUT2D eigenvalue weighted by Gasteiger charge is 2.53. The van der Waals surface area contributed by atoms with Crippen LogP contribution in [-0.2, 0) is 22.6 Å². The van der Waals surface area contributed by atoms with Crippen molar-refractivity contribution in [3.05, 3.63) is 71.5 Å². The first-order chi connectivity index (χ1) is 17.4. The van der Waals surface area contributed by atoms with Gasteiger partial charge in [-0.05, 0) is 74.2 Å². The second-order valence-electron chi connectivity index (χ2n) is 10.9. The van der Waals surface area contributed by atoms with Crippen LogP contribution in [0.4, 0.5) is 4.39 Å². The first-order valence-corrected chi connectivity index (χ1v) is 13.5. The number of aryl methyl sites for hydroxylation is 1. The first-order valence-electron chi connectivity index (χ1n) is 13.5. The van der Waals surface area contributed by atoms with E-state index in [1.165, 1.54) is 30.5 Å². The van der Waals surface area contributed by atoms with E-state index in [-0.39, 0.29) is 17.6 Å². The second-order valence-corrected chi connectivity index (χ2v) is 10.9. The van der Waals surface area contributed by atoms with Crippen molar-refractivity contribution in [1.82, 2.24) is 15.1 Å². The molecule has 2 heterocycles. The number of piperazine rings is 1. The molecule has 2 amide bonds. The number of nitrogens with one attached hydrogen (secondary N) is 1. The van der Waals surface area contributed by atoms with Gasteiger partial charge < -0.3 is 15.1 Å². The van der Waals surface area contributed by atoms with Crippen molar-refractivity contribution in [3.63, 3.8) is 0 Å². The van der Waals surface area contributed by atoms with Gasteiger partial charge in [-0.3, -0.25) is 9.59 Å². The molecular weight excluding hydrogens is 453 g/mol. The lowest BCUT2D eigenvalue weighted by Crippen LogP contribution is -2.72. The molecule has 0 bridgehead atoms. The summed E-state index contributed by atoms with van der Waals surface area (Å²) in [5.74, 6) is -0.0463. The number of nitrogens with zero attached hydrogens (tertiary/aromatic N) is 2. The molecule has 0 unspecified atom stereocenters. The predicted molar refractivity (Wildman–Crippen MR) is 141 cm³/mol. The summed E-state index contributed by atoms with van der Waals surface area (Å²) in [4.78, 5) is 31.4. The fourth-order valence-corrected chi connectivity index (χ4v) is 5.64. The normalized spacial score (nSPS) is 20.2. The Labute approximate surface area is 215 Å². The maximum atomic E-state index is 13.6. The number of carbonyl (C=O) groups excluding carboxylic acids is 2.